The first-order valence-electron chi connectivity index (χ1n) is 4.89. The van der Waals surface area contributed by atoms with Crippen molar-refractivity contribution in [1.82, 2.24) is 5.32 Å². The molecular formula is C10H12FN3O3S. The molecule has 3 amide bonds. The van der Waals surface area contributed by atoms with Gasteiger partial charge in [0.2, 0.25) is 5.91 Å². The predicted octanol–water partition coefficient (Wildman–Crippen LogP) is 0.0989. The maximum atomic E-state index is 13.2. The van der Waals surface area contributed by atoms with Gasteiger partial charge in [0.15, 0.2) is 0 Å². The minimum absolute atomic E-state index is 0.0787. The van der Waals surface area contributed by atoms with E-state index in [9.17, 15) is 18.2 Å². The summed E-state index contributed by atoms with van der Waals surface area (Å²) in [7, 11) is -1.81. The molecule has 0 fully saturated rings. The van der Waals surface area contributed by atoms with Crippen molar-refractivity contribution in [1.29, 1.82) is 0 Å². The molecule has 0 saturated heterocycles. The van der Waals surface area contributed by atoms with Gasteiger partial charge in [-0.3, -0.25) is 14.3 Å². The lowest BCUT2D eigenvalue weighted by Crippen LogP contribution is -2.42. The second kappa shape index (κ2) is 5.58. The number of nitrogens with two attached hydrogens (primary N) is 2. The molecule has 0 radical (unpaired) electrons. The van der Waals surface area contributed by atoms with Crippen molar-refractivity contribution in [3.63, 3.8) is 0 Å². The fraction of sp³-hybridized carbons (Fsp3) is 0.200. The molecule has 0 saturated carbocycles. The molecule has 5 N–H and O–H groups in total. The van der Waals surface area contributed by atoms with Gasteiger partial charge in [0.05, 0.1) is 16.5 Å². The molecule has 2 atom stereocenters. The maximum absolute atomic E-state index is 13.2. The minimum atomic E-state index is -1.81. The summed E-state index contributed by atoms with van der Waals surface area (Å²) < 4.78 is 25.1. The molecular weight excluding hydrogens is 261 g/mol. The third-order valence-corrected chi connectivity index (χ3v) is 3.72. The van der Waals surface area contributed by atoms with Crippen molar-refractivity contribution in [2.75, 3.05) is 5.73 Å². The van der Waals surface area contributed by atoms with Crippen molar-refractivity contribution < 1.29 is 18.2 Å². The quantitative estimate of drug-likeness (QED) is 0.677. The Morgan fingerprint density at radius 2 is 2.06 bits per heavy atom. The van der Waals surface area contributed by atoms with Crippen LogP contribution in [0, 0.1) is 5.82 Å². The Morgan fingerprint density at radius 3 is 2.56 bits per heavy atom. The summed E-state index contributed by atoms with van der Waals surface area (Å²) in [5, 5.41) is 0.766. The zero-order valence-electron chi connectivity index (χ0n) is 9.48. The molecule has 0 aliphatic rings. The number of primary amides is 1. The Bertz CT molecular complexity index is 521. The van der Waals surface area contributed by atoms with E-state index >= 15 is 0 Å². The fourth-order valence-electron chi connectivity index (χ4n) is 1.16. The molecule has 1 rings (SSSR count). The number of anilines is 1. The maximum Gasteiger partial charge on any atom is 0.318 e. The number of hydrogen-bond acceptors (Lipinski definition) is 4. The average molecular weight is 273 g/mol. The number of hydrogen-bond donors (Lipinski definition) is 3. The van der Waals surface area contributed by atoms with Crippen LogP contribution in [-0.4, -0.2) is 21.4 Å². The highest BCUT2D eigenvalue weighted by atomic mass is 32.2. The fourth-order valence-corrected chi connectivity index (χ4v) is 2.24. The normalized spacial score (nSPS) is 13.7. The van der Waals surface area contributed by atoms with Crippen LogP contribution in [0.5, 0.6) is 0 Å². The topological polar surface area (TPSA) is 115 Å². The number of amides is 3. The number of halogens is 1. The van der Waals surface area contributed by atoms with Gasteiger partial charge < -0.3 is 11.5 Å². The Balaban J connectivity index is 2.89. The summed E-state index contributed by atoms with van der Waals surface area (Å²) in [6.07, 6.45) is 0. The SMILES string of the molecule is CC(C(=O)NC(N)=O)S(=O)c1ccc(N)c(F)c1. The van der Waals surface area contributed by atoms with Crippen molar-refractivity contribution in [2.45, 2.75) is 17.1 Å². The Labute approximate surface area is 105 Å². The van der Waals surface area contributed by atoms with E-state index in [0.29, 0.717) is 0 Å². The van der Waals surface area contributed by atoms with Gasteiger partial charge in [0.1, 0.15) is 11.1 Å². The largest absolute Gasteiger partial charge is 0.396 e. The van der Waals surface area contributed by atoms with Crippen LogP contribution in [0.1, 0.15) is 6.92 Å². The first kappa shape index (κ1) is 14.1. The summed E-state index contributed by atoms with van der Waals surface area (Å²) in [4.78, 5) is 22.0. The summed E-state index contributed by atoms with van der Waals surface area (Å²) in [6, 6.07) is 2.55. The van der Waals surface area contributed by atoms with Crippen LogP contribution in [0.25, 0.3) is 0 Å². The van der Waals surface area contributed by atoms with Gasteiger partial charge in [-0.25, -0.2) is 9.18 Å². The molecule has 6 nitrogen and oxygen atoms in total. The average Bonchev–Trinajstić information content (AvgIpc) is 2.30. The third-order valence-electron chi connectivity index (χ3n) is 2.14. The van der Waals surface area contributed by atoms with E-state index in [1.54, 1.807) is 0 Å². The van der Waals surface area contributed by atoms with Gasteiger partial charge in [0.25, 0.3) is 0 Å². The van der Waals surface area contributed by atoms with E-state index in [2.05, 4.69) is 0 Å². The lowest BCUT2D eigenvalue weighted by Gasteiger charge is -2.10. The van der Waals surface area contributed by atoms with Crippen molar-refractivity contribution in [3.8, 4) is 0 Å². The monoisotopic (exact) mass is 273 g/mol. The van der Waals surface area contributed by atoms with E-state index in [4.69, 9.17) is 11.5 Å². The Kier molecular flexibility index (Phi) is 4.38. The number of urea groups is 1. The van der Waals surface area contributed by atoms with Gasteiger partial charge in [-0.15, -0.1) is 0 Å². The number of nitrogens with one attached hydrogen (secondary N) is 1. The molecule has 2 unspecified atom stereocenters. The van der Waals surface area contributed by atoms with Crippen LogP contribution in [-0.2, 0) is 15.6 Å². The second-order valence-corrected chi connectivity index (χ2v) is 5.25. The molecule has 1 aromatic rings. The molecule has 0 aromatic heterocycles. The van der Waals surface area contributed by atoms with Crippen molar-refractivity contribution in [3.05, 3.63) is 24.0 Å². The van der Waals surface area contributed by atoms with Gasteiger partial charge >= 0.3 is 6.03 Å². The first-order valence-corrected chi connectivity index (χ1v) is 6.10. The van der Waals surface area contributed by atoms with Crippen LogP contribution < -0.4 is 16.8 Å². The van der Waals surface area contributed by atoms with E-state index in [1.807, 2.05) is 5.32 Å². The number of carbonyl (C=O) groups excluding carboxylic acids is 2. The van der Waals surface area contributed by atoms with Gasteiger partial charge in [0, 0.05) is 4.90 Å². The number of carbonyl (C=O) groups is 2. The van der Waals surface area contributed by atoms with Gasteiger partial charge in [-0.1, -0.05) is 0 Å². The zero-order chi connectivity index (χ0) is 13.9. The van der Waals surface area contributed by atoms with Crippen LogP contribution in [0.15, 0.2) is 23.1 Å². The van der Waals surface area contributed by atoms with E-state index in [0.717, 1.165) is 6.07 Å². The van der Waals surface area contributed by atoms with Crippen molar-refractivity contribution in [2.24, 2.45) is 5.73 Å². The van der Waals surface area contributed by atoms with Gasteiger partial charge in [-0.05, 0) is 25.1 Å². The Hall–Kier alpha value is -1.96. The van der Waals surface area contributed by atoms with Crippen LogP contribution in [0.4, 0.5) is 14.9 Å². The first-order chi connectivity index (χ1) is 8.32. The highest BCUT2D eigenvalue weighted by Crippen LogP contribution is 2.17. The number of rotatable bonds is 3. The van der Waals surface area contributed by atoms with Crippen LogP contribution in [0.3, 0.4) is 0 Å². The van der Waals surface area contributed by atoms with Crippen LogP contribution >= 0.6 is 0 Å². The van der Waals surface area contributed by atoms with Crippen molar-refractivity contribution >= 4 is 28.4 Å². The minimum Gasteiger partial charge on any atom is -0.396 e. The molecule has 98 valence electrons. The molecule has 0 aliphatic heterocycles. The summed E-state index contributed by atoms with van der Waals surface area (Å²) in [5.41, 5.74) is 9.97. The van der Waals surface area contributed by atoms with E-state index < -0.39 is 33.8 Å². The molecule has 18 heavy (non-hydrogen) atoms. The highest BCUT2D eigenvalue weighted by molar-refractivity contribution is 7.86. The second-order valence-electron chi connectivity index (χ2n) is 3.48. The lowest BCUT2D eigenvalue weighted by atomic mass is 10.3. The molecule has 0 bridgehead atoms. The summed E-state index contributed by atoms with van der Waals surface area (Å²) >= 11 is 0. The summed E-state index contributed by atoms with van der Waals surface area (Å²) in [6.45, 7) is 1.34. The Morgan fingerprint density at radius 1 is 1.44 bits per heavy atom. The lowest BCUT2D eigenvalue weighted by molar-refractivity contribution is -0.119. The smallest absolute Gasteiger partial charge is 0.318 e. The van der Waals surface area contributed by atoms with E-state index in [-0.39, 0.29) is 10.6 Å². The predicted molar refractivity (Wildman–Crippen MR) is 64.4 cm³/mol. The van der Waals surface area contributed by atoms with Crippen LogP contribution in [0.2, 0.25) is 0 Å². The number of nitrogen functional groups attached to an aromatic ring is 1. The number of imide groups is 1. The molecule has 0 heterocycles. The molecule has 0 spiro atoms. The summed E-state index contributed by atoms with van der Waals surface area (Å²) in [5.74, 6) is -1.51. The number of benzene rings is 1. The molecule has 0 aliphatic carbocycles. The standard InChI is InChI=1S/C10H12FN3O3S/c1-5(9(15)14-10(13)16)18(17)6-2-3-8(12)7(11)4-6/h2-5H,12H2,1H3,(H3,13,14,15,16). The molecule has 1 aromatic carbocycles. The van der Waals surface area contributed by atoms with E-state index in [1.165, 1.54) is 19.1 Å². The third kappa shape index (κ3) is 3.27. The highest BCUT2D eigenvalue weighted by Gasteiger charge is 2.23. The molecule has 8 heteroatoms. The van der Waals surface area contributed by atoms with Gasteiger partial charge in [-0.2, -0.15) is 0 Å². The zero-order valence-corrected chi connectivity index (χ0v) is 10.3.